The molecule has 0 spiro atoms. The van der Waals surface area contributed by atoms with Gasteiger partial charge in [0.2, 0.25) is 0 Å². The van der Waals surface area contributed by atoms with Crippen LogP contribution < -0.4 is 11.1 Å². The molecule has 0 unspecified atom stereocenters. The molecule has 178 valence electrons. The minimum absolute atomic E-state index is 0.108. The smallest absolute Gasteiger partial charge is 0.328 e. The number of rotatable bonds is 9. The maximum atomic E-state index is 13.1. The molecule has 0 saturated carbocycles. The van der Waals surface area contributed by atoms with Crippen molar-refractivity contribution < 1.29 is 14.3 Å². The van der Waals surface area contributed by atoms with Crippen LogP contribution in [0.3, 0.4) is 0 Å². The van der Waals surface area contributed by atoms with Gasteiger partial charge in [0, 0.05) is 39.5 Å². The summed E-state index contributed by atoms with van der Waals surface area (Å²) in [6, 6.07) is 26.0. The first-order valence-electron chi connectivity index (χ1n) is 11.4. The quantitative estimate of drug-likeness (QED) is 0.238. The Balaban J connectivity index is 1.57. The van der Waals surface area contributed by atoms with E-state index in [1.807, 2.05) is 48.5 Å². The summed E-state index contributed by atoms with van der Waals surface area (Å²) in [6.45, 7) is 2.58. The van der Waals surface area contributed by atoms with E-state index >= 15 is 0 Å². The van der Waals surface area contributed by atoms with Gasteiger partial charge < -0.3 is 15.8 Å². The van der Waals surface area contributed by atoms with Gasteiger partial charge in [0.1, 0.15) is 6.04 Å². The standard InChI is InChI=1S/C29H28N2O3S/c1-19-16-24(27(18-30)35-19)21-14-12-20(13-15-21)17-26(29(33)34-2)31-25-11-7-6-10-23(25)28(32)22-8-4-3-5-9-22/h3-16,26,31H,17-18,30H2,1-2H3/t26-/m0/s1. The molecule has 1 atom stereocenters. The average molecular weight is 485 g/mol. The van der Waals surface area contributed by atoms with Crippen LogP contribution in [0.5, 0.6) is 0 Å². The third kappa shape index (κ3) is 5.67. The largest absolute Gasteiger partial charge is 0.467 e. The molecule has 0 radical (unpaired) electrons. The molecule has 0 aliphatic rings. The molecule has 3 N–H and O–H groups in total. The van der Waals surface area contributed by atoms with Gasteiger partial charge in [-0.3, -0.25) is 4.79 Å². The molecular weight excluding hydrogens is 456 g/mol. The lowest BCUT2D eigenvalue weighted by Gasteiger charge is -2.20. The fourth-order valence-electron chi connectivity index (χ4n) is 4.09. The van der Waals surface area contributed by atoms with E-state index < -0.39 is 12.0 Å². The highest BCUT2D eigenvalue weighted by Gasteiger charge is 2.22. The summed E-state index contributed by atoms with van der Waals surface area (Å²) in [5.74, 6) is -0.502. The van der Waals surface area contributed by atoms with Crippen molar-refractivity contribution in [1.82, 2.24) is 0 Å². The lowest BCUT2D eigenvalue weighted by molar-refractivity contribution is -0.141. The molecule has 0 fully saturated rings. The zero-order valence-electron chi connectivity index (χ0n) is 19.8. The number of hydrogen-bond donors (Lipinski definition) is 2. The Morgan fingerprint density at radius 2 is 1.66 bits per heavy atom. The molecule has 6 heteroatoms. The van der Waals surface area contributed by atoms with Crippen molar-refractivity contribution in [2.45, 2.75) is 25.9 Å². The van der Waals surface area contributed by atoms with Gasteiger partial charge in [0.05, 0.1) is 7.11 Å². The van der Waals surface area contributed by atoms with Gasteiger partial charge >= 0.3 is 5.97 Å². The number of carbonyl (C=O) groups is 2. The van der Waals surface area contributed by atoms with Crippen molar-refractivity contribution >= 4 is 28.8 Å². The number of nitrogens with one attached hydrogen (secondary N) is 1. The van der Waals surface area contributed by atoms with Crippen LogP contribution in [0.15, 0.2) is 84.9 Å². The molecule has 3 aromatic carbocycles. The van der Waals surface area contributed by atoms with E-state index in [0.29, 0.717) is 29.8 Å². The maximum Gasteiger partial charge on any atom is 0.328 e. The number of nitrogens with two attached hydrogens (primary N) is 1. The van der Waals surface area contributed by atoms with E-state index in [2.05, 4.69) is 30.4 Å². The van der Waals surface area contributed by atoms with Gasteiger partial charge in [-0.25, -0.2) is 4.79 Å². The second-order valence-corrected chi connectivity index (χ2v) is 9.60. The fraction of sp³-hybridized carbons (Fsp3) is 0.172. The summed E-state index contributed by atoms with van der Waals surface area (Å²) in [6.07, 6.45) is 0.410. The summed E-state index contributed by atoms with van der Waals surface area (Å²) < 4.78 is 5.07. The van der Waals surface area contributed by atoms with Gasteiger partial charge in [0.15, 0.2) is 5.78 Å². The Hall–Kier alpha value is -3.74. The first-order valence-corrected chi connectivity index (χ1v) is 12.2. The molecule has 5 nitrogen and oxygen atoms in total. The van der Waals surface area contributed by atoms with E-state index in [1.54, 1.807) is 29.5 Å². The molecule has 0 bridgehead atoms. The van der Waals surface area contributed by atoms with E-state index in [4.69, 9.17) is 10.5 Å². The van der Waals surface area contributed by atoms with Crippen molar-refractivity contribution in [3.8, 4) is 11.1 Å². The van der Waals surface area contributed by atoms with Crippen LogP contribution in [0.1, 0.15) is 31.2 Å². The van der Waals surface area contributed by atoms with Crippen molar-refractivity contribution in [3.63, 3.8) is 0 Å². The van der Waals surface area contributed by atoms with Crippen molar-refractivity contribution in [2.24, 2.45) is 5.73 Å². The lowest BCUT2D eigenvalue weighted by atomic mass is 9.99. The zero-order chi connectivity index (χ0) is 24.8. The molecule has 1 aromatic heterocycles. The SMILES string of the molecule is COC(=O)[C@H](Cc1ccc(-c2cc(C)sc2CN)cc1)Nc1ccccc1C(=O)c1ccccc1. The molecule has 0 aliphatic heterocycles. The first-order chi connectivity index (χ1) is 17.0. The summed E-state index contributed by atoms with van der Waals surface area (Å²) in [4.78, 5) is 28.2. The van der Waals surface area contributed by atoms with E-state index in [1.165, 1.54) is 12.0 Å². The van der Waals surface area contributed by atoms with Crippen LogP contribution in [-0.4, -0.2) is 24.9 Å². The van der Waals surface area contributed by atoms with Gasteiger partial charge in [-0.05, 0) is 41.8 Å². The molecule has 4 rings (SSSR count). The summed E-state index contributed by atoms with van der Waals surface area (Å²) >= 11 is 1.71. The maximum absolute atomic E-state index is 13.1. The van der Waals surface area contributed by atoms with E-state index in [0.717, 1.165) is 21.6 Å². The predicted octanol–water partition coefficient (Wildman–Crippen LogP) is 5.61. The number of ether oxygens (including phenoxy) is 1. The molecule has 4 aromatic rings. The highest BCUT2D eigenvalue weighted by Crippen LogP contribution is 2.31. The highest BCUT2D eigenvalue weighted by atomic mass is 32.1. The molecule has 35 heavy (non-hydrogen) atoms. The molecule has 0 aliphatic carbocycles. The minimum atomic E-state index is -0.654. The first kappa shape index (κ1) is 24.4. The van der Waals surface area contributed by atoms with Gasteiger partial charge in [-0.2, -0.15) is 0 Å². The van der Waals surface area contributed by atoms with Gasteiger partial charge in [-0.1, -0.05) is 66.7 Å². The zero-order valence-corrected chi connectivity index (χ0v) is 20.6. The number of thiophene rings is 1. The van der Waals surface area contributed by atoms with Crippen LogP contribution in [0, 0.1) is 6.92 Å². The number of methoxy groups -OCH3 is 1. The van der Waals surface area contributed by atoms with Crippen LogP contribution >= 0.6 is 11.3 Å². The number of carbonyl (C=O) groups excluding carboxylic acids is 2. The molecule has 0 amide bonds. The number of ketones is 1. The molecule has 0 saturated heterocycles. The Kier molecular flexibility index (Phi) is 7.75. The third-order valence-electron chi connectivity index (χ3n) is 5.85. The Labute approximate surface area is 209 Å². The Morgan fingerprint density at radius 1 is 0.971 bits per heavy atom. The van der Waals surface area contributed by atoms with Crippen LogP contribution in [-0.2, 0) is 22.5 Å². The number of esters is 1. The number of hydrogen-bond acceptors (Lipinski definition) is 6. The molecule has 1 heterocycles. The Morgan fingerprint density at radius 3 is 2.34 bits per heavy atom. The van der Waals surface area contributed by atoms with Crippen molar-refractivity contribution in [1.29, 1.82) is 0 Å². The predicted molar refractivity (Wildman–Crippen MR) is 142 cm³/mol. The fourth-order valence-corrected chi connectivity index (χ4v) is 5.03. The van der Waals surface area contributed by atoms with E-state index in [-0.39, 0.29) is 5.78 Å². The summed E-state index contributed by atoms with van der Waals surface area (Å²) in [5.41, 5.74) is 10.8. The van der Waals surface area contributed by atoms with Crippen molar-refractivity contribution in [3.05, 3.63) is 111 Å². The molecular formula is C29H28N2O3S. The highest BCUT2D eigenvalue weighted by molar-refractivity contribution is 7.12. The van der Waals surface area contributed by atoms with Crippen LogP contribution in [0.25, 0.3) is 11.1 Å². The Bertz CT molecular complexity index is 1310. The monoisotopic (exact) mass is 484 g/mol. The number of anilines is 1. The number of para-hydroxylation sites is 1. The summed E-state index contributed by atoms with van der Waals surface area (Å²) in [5, 5.41) is 3.26. The number of aryl methyl sites for hydroxylation is 1. The second kappa shape index (κ2) is 11.1. The second-order valence-electron chi connectivity index (χ2n) is 8.26. The third-order valence-corrected chi connectivity index (χ3v) is 6.92. The van der Waals surface area contributed by atoms with Gasteiger partial charge in [-0.15, -0.1) is 11.3 Å². The summed E-state index contributed by atoms with van der Waals surface area (Å²) in [7, 11) is 1.37. The number of benzene rings is 3. The van der Waals surface area contributed by atoms with Crippen molar-refractivity contribution in [2.75, 3.05) is 12.4 Å². The average Bonchev–Trinajstić information content (AvgIpc) is 3.29. The normalized spacial score (nSPS) is 11.6. The van der Waals surface area contributed by atoms with E-state index in [9.17, 15) is 9.59 Å². The van der Waals surface area contributed by atoms with Gasteiger partial charge in [0.25, 0.3) is 0 Å². The van der Waals surface area contributed by atoms with Crippen LogP contribution in [0.4, 0.5) is 5.69 Å². The topological polar surface area (TPSA) is 81.4 Å². The van der Waals surface area contributed by atoms with Crippen LogP contribution in [0.2, 0.25) is 0 Å². The minimum Gasteiger partial charge on any atom is -0.467 e. The lowest BCUT2D eigenvalue weighted by Crippen LogP contribution is -2.33.